The highest BCUT2D eigenvalue weighted by Gasteiger charge is 2.36. The van der Waals surface area contributed by atoms with E-state index in [4.69, 9.17) is 0 Å². The molecule has 0 radical (unpaired) electrons. The first-order chi connectivity index (χ1) is 11.9. The first-order valence-electron chi connectivity index (χ1n) is 8.42. The van der Waals surface area contributed by atoms with Gasteiger partial charge in [0.2, 0.25) is 11.9 Å². The Morgan fingerprint density at radius 1 is 1.40 bits per heavy atom. The second-order valence-corrected chi connectivity index (χ2v) is 6.33. The standard InChI is InChI=1S/C17H21F3N4O/c1-2-23(11-17(18,19)20)15(25)12-6-5-9-24(10-12)16-21-13-7-3-4-8-14(13)22-16/h3-4,7-8,12H,2,5-6,9-11H2,1H3,(H,21,22). The van der Waals surface area contributed by atoms with Gasteiger partial charge in [-0.15, -0.1) is 0 Å². The number of amides is 1. The molecule has 8 heteroatoms. The Kier molecular flexibility index (Phi) is 4.87. The smallest absolute Gasteiger partial charge is 0.342 e. The van der Waals surface area contributed by atoms with Gasteiger partial charge in [-0.25, -0.2) is 4.98 Å². The summed E-state index contributed by atoms with van der Waals surface area (Å²) in [5.41, 5.74) is 1.73. The van der Waals surface area contributed by atoms with Crippen molar-refractivity contribution in [1.29, 1.82) is 0 Å². The summed E-state index contributed by atoms with van der Waals surface area (Å²) < 4.78 is 38.0. The highest BCUT2D eigenvalue weighted by molar-refractivity contribution is 5.80. The fourth-order valence-corrected chi connectivity index (χ4v) is 3.28. The Morgan fingerprint density at radius 2 is 2.16 bits per heavy atom. The first kappa shape index (κ1) is 17.6. The number of nitrogens with one attached hydrogen (secondary N) is 1. The predicted octanol–water partition coefficient (Wildman–Crippen LogP) is 3.19. The number of fused-ring (bicyclic) bond motifs is 1. The molecule has 2 heterocycles. The minimum atomic E-state index is -4.38. The number of rotatable bonds is 4. The fraction of sp³-hybridized carbons (Fsp3) is 0.529. The number of hydrogen-bond acceptors (Lipinski definition) is 3. The summed E-state index contributed by atoms with van der Waals surface area (Å²) in [6, 6.07) is 7.61. The van der Waals surface area contributed by atoms with E-state index >= 15 is 0 Å². The number of carbonyl (C=O) groups is 1. The van der Waals surface area contributed by atoms with Gasteiger partial charge in [-0.3, -0.25) is 4.79 Å². The zero-order valence-corrected chi connectivity index (χ0v) is 14.0. The van der Waals surface area contributed by atoms with Crippen LogP contribution >= 0.6 is 0 Å². The lowest BCUT2D eigenvalue weighted by Gasteiger charge is -2.34. The van der Waals surface area contributed by atoms with E-state index in [1.807, 2.05) is 29.2 Å². The second kappa shape index (κ2) is 6.93. The molecule has 0 bridgehead atoms. The van der Waals surface area contributed by atoms with Crippen LogP contribution in [0.25, 0.3) is 11.0 Å². The van der Waals surface area contributed by atoms with Gasteiger partial charge in [0.25, 0.3) is 0 Å². The minimum absolute atomic E-state index is 0.0550. The van der Waals surface area contributed by atoms with E-state index in [2.05, 4.69) is 9.97 Å². The van der Waals surface area contributed by atoms with Crippen molar-refractivity contribution >= 4 is 22.9 Å². The molecule has 0 spiro atoms. The van der Waals surface area contributed by atoms with Crippen LogP contribution in [0.4, 0.5) is 19.1 Å². The molecule has 2 aromatic rings. The SMILES string of the molecule is CCN(CC(F)(F)F)C(=O)C1CCCN(c2nc3ccccc3[nH]2)C1. The van der Waals surface area contributed by atoms with Crippen LogP contribution in [0.15, 0.2) is 24.3 Å². The van der Waals surface area contributed by atoms with Crippen molar-refractivity contribution in [2.45, 2.75) is 25.9 Å². The Balaban J connectivity index is 1.72. The molecule has 3 rings (SSSR count). The van der Waals surface area contributed by atoms with Crippen LogP contribution in [0.1, 0.15) is 19.8 Å². The number of benzene rings is 1. The molecule has 1 amide bonds. The van der Waals surface area contributed by atoms with Crippen LogP contribution in [-0.4, -0.2) is 53.1 Å². The topological polar surface area (TPSA) is 52.2 Å². The van der Waals surface area contributed by atoms with Crippen LogP contribution in [0, 0.1) is 5.92 Å². The minimum Gasteiger partial charge on any atom is -0.342 e. The quantitative estimate of drug-likeness (QED) is 0.917. The number of hydrogen-bond donors (Lipinski definition) is 1. The zero-order chi connectivity index (χ0) is 18.0. The molecule has 136 valence electrons. The summed E-state index contributed by atoms with van der Waals surface area (Å²) in [7, 11) is 0. The number of aromatic nitrogens is 2. The molecule has 25 heavy (non-hydrogen) atoms. The molecule has 1 aromatic carbocycles. The average molecular weight is 354 g/mol. The van der Waals surface area contributed by atoms with Crippen molar-refractivity contribution in [3.63, 3.8) is 0 Å². The number of halogens is 3. The molecule has 1 aromatic heterocycles. The van der Waals surface area contributed by atoms with Gasteiger partial charge in [0.05, 0.1) is 17.0 Å². The summed E-state index contributed by atoms with van der Waals surface area (Å²) in [5.74, 6) is -0.206. The van der Waals surface area contributed by atoms with Gasteiger partial charge >= 0.3 is 6.18 Å². The van der Waals surface area contributed by atoms with E-state index < -0.39 is 24.5 Å². The third-order valence-corrected chi connectivity index (χ3v) is 4.51. The molecule has 1 fully saturated rings. The van der Waals surface area contributed by atoms with E-state index in [1.165, 1.54) is 0 Å². The molecule has 1 aliphatic rings. The summed E-state index contributed by atoms with van der Waals surface area (Å²) in [4.78, 5) is 23.1. The Labute approximate surface area is 143 Å². The Hall–Kier alpha value is -2.25. The van der Waals surface area contributed by atoms with Crippen molar-refractivity contribution in [2.24, 2.45) is 5.92 Å². The molecular weight excluding hydrogens is 333 g/mol. The molecule has 1 unspecified atom stereocenters. The van der Waals surface area contributed by atoms with Gasteiger partial charge in [-0.2, -0.15) is 13.2 Å². The number of alkyl halides is 3. The highest BCUT2D eigenvalue weighted by atomic mass is 19.4. The number of anilines is 1. The van der Waals surface area contributed by atoms with Gasteiger partial charge in [0.1, 0.15) is 6.54 Å². The summed E-state index contributed by atoms with van der Waals surface area (Å²) in [5, 5.41) is 0. The van der Waals surface area contributed by atoms with Gasteiger partial charge < -0.3 is 14.8 Å². The van der Waals surface area contributed by atoms with Crippen molar-refractivity contribution in [3.05, 3.63) is 24.3 Å². The molecule has 1 saturated heterocycles. The van der Waals surface area contributed by atoms with E-state index in [0.717, 1.165) is 28.9 Å². The molecule has 1 aliphatic heterocycles. The summed E-state index contributed by atoms with van der Waals surface area (Å²) in [6.45, 7) is 1.55. The van der Waals surface area contributed by atoms with Crippen molar-refractivity contribution in [2.75, 3.05) is 31.1 Å². The summed E-state index contributed by atoms with van der Waals surface area (Å²) >= 11 is 0. The number of H-pyrrole nitrogens is 1. The van der Waals surface area contributed by atoms with Crippen LogP contribution < -0.4 is 4.90 Å². The predicted molar refractivity (Wildman–Crippen MR) is 89.3 cm³/mol. The van der Waals surface area contributed by atoms with Gasteiger partial charge in [0.15, 0.2) is 0 Å². The van der Waals surface area contributed by atoms with E-state index in [-0.39, 0.29) is 6.54 Å². The zero-order valence-electron chi connectivity index (χ0n) is 14.0. The number of carbonyl (C=O) groups excluding carboxylic acids is 1. The largest absolute Gasteiger partial charge is 0.406 e. The van der Waals surface area contributed by atoms with E-state index in [9.17, 15) is 18.0 Å². The third-order valence-electron chi connectivity index (χ3n) is 4.51. The Morgan fingerprint density at radius 3 is 2.84 bits per heavy atom. The second-order valence-electron chi connectivity index (χ2n) is 6.33. The van der Waals surface area contributed by atoms with Crippen molar-refractivity contribution in [1.82, 2.24) is 14.9 Å². The lowest BCUT2D eigenvalue weighted by Crippen LogP contribution is -2.47. The maximum atomic E-state index is 12.7. The highest BCUT2D eigenvalue weighted by Crippen LogP contribution is 2.26. The van der Waals surface area contributed by atoms with Crippen LogP contribution in [0.2, 0.25) is 0 Å². The van der Waals surface area contributed by atoms with Crippen LogP contribution in [-0.2, 0) is 4.79 Å². The van der Waals surface area contributed by atoms with E-state index in [0.29, 0.717) is 18.9 Å². The maximum Gasteiger partial charge on any atom is 0.406 e. The lowest BCUT2D eigenvalue weighted by atomic mass is 9.96. The molecule has 5 nitrogen and oxygen atoms in total. The van der Waals surface area contributed by atoms with Crippen LogP contribution in [0.5, 0.6) is 0 Å². The normalized spacial score (nSPS) is 18.6. The van der Waals surface area contributed by atoms with Crippen molar-refractivity contribution in [3.8, 4) is 0 Å². The summed E-state index contributed by atoms with van der Waals surface area (Å²) in [6.07, 6.45) is -3.03. The fourth-order valence-electron chi connectivity index (χ4n) is 3.28. The van der Waals surface area contributed by atoms with Crippen LogP contribution in [0.3, 0.4) is 0 Å². The number of imidazole rings is 1. The molecular formula is C17H21F3N4O. The van der Waals surface area contributed by atoms with E-state index in [1.54, 1.807) is 6.92 Å². The molecule has 1 atom stereocenters. The number of aromatic amines is 1. The third kappa shape index (κ3) is 4.05. The number of nitrogens with zero attached hydrogens (tertiary/aromatic N) is 3. The average Bonchev–Trinajstić information content (AvgIpc) is 3.02. The Bertz CT molecular complexity index is 710. The van der Waals surface area contributed by atoms with Gasteiger partial charge in [-0.1, -0.05) is 12.1 Å². The number of piperidine rings is 1. The van der Waals surface area contributed by atoms with Gasteiger partial charge in [-0.05, 0) is 31.9 Å². The van der Waals surface area contributed by atoms with Crippen molar-refractivity contribution < 1.29 is 18.0 Å². The first-order valence-corrected chi connectivity index (χ1v) is 8.42. The maximum absolute atomic E-state index is 12.7. The lowest BCUT2D eigenvalue weighted by molar-refractivity contribution is -0.163. The molecule has 0 aliphatic carbocycles. The number of para-hydroxylation sites is 2. The molecule has 1 N–H and O–H groups in total. The molecule has 0 saturated carbocycles. The van der Waals surface area contributed by atoms with Gasteiger partial charge in [0, 0.05) is 19.6 Å². The monoisotopic (exact) mass is 354 g/mol.